The highest BCUT2D eigenvalue weighted by Gasteiger charge is 2.15. The smallest absolute Gasteiger partial charge is 0.0815 e. The predicted octanol–water partition coefficient (Wildman–Crippen LogP) is 4.21. The first-order chi connectivity index (χ1) is 6.43. The van der Waals surface area contributed by atoms with Crippen molar-refractivity contribution in [3.05, 3.63) is 32.2 Å². The lowest BCUT2D eigenvalue weighted by molar-refractivity contribution is 0.126. The molecular weight excluding hydrogens is 308 g/mol. The molecule has 0 bridgehead atoms. The molecule has 1 atom stereocenters. The Kier molecular flexibility index (Phi) is 4.16. The maximum atomic E-state index is 9.96. The van der Waals surface area contributed by atoms with Gasteiger partial charge in [0.15, 0.2) is 0 Å². The highest BCUT2D eigenvalue weighted by molar-refractivity contribution is 9.13. The van der Waals surface area contributed by atoms with Crippen molar-refractivity contribution in [3.8, 4) is 0 Å². The maximum Gasteiger partial charge on any atom is 0.0815 e. The fraction of sp³-hybridized carbons (Fsp3) is 0.455. The molecule has 0 aliphatic rings. The van der Waals surface area contributed by atoms with E-state index in [1.165, 1.54) is 0 Å². The SMILES string of the molecule is Cc1cc(Br)c(Br)cc1C(O)C(C)C. The molecule has 0 amide bonds. The molecule has 1 aromatic carbocycles. The van der Waals surface area contributed by atoms with E-state index in [4.69, 9.17) is 0 Å². The number of hydrogen-bond donors (Lipinski definition) is 1. The predicted molar refractivity (Wildman–Crippen MR) is 66.4 cm³/mol. The van der Waals surface area contributed by atoms with Crippen LogP contribution in [0.25, 0.3) is 0 Å². The molecule has 1 aromatic rings. The standard InChI is InChI=1S/C11H14Br2O/c1-6(2)11(14)8-5-10(13)9(12)4-7(8)3/h4-6,11,14H,1-3H3. The Morgan fingerprint density at radius 1 is 1.14 bits per heavy atom. The van der Waals surface area contributed by atoms with Crippen LogP contribution in [0, 0.1) is 12.8 Å². The number of rotatable bonds is 2. The van der Waals surface area contributed by atoms with Crippen molar-refractivity contribution in [2.75, 3.05) is 0 Å². The van der Waals surface area contributed by atoms with Gasteiger partial charge in [-0.2, -0.15) is 0 Å². The lowest BCUT2D eigenvalue weighted by atomic mass is 9.95. The molecule has 0 fully saturated rings. The van der Waals surface area contributed by atoms with Gasteiger partial charge in [-0.25, -0.2) is 0 Å². The largest absolute Gasteiger partial charge is 0.388 e. The van der Waals surface area contributed by atoms with Gasteiger partial charge in [-0.15, -0.1) is 0 Å². The first kappa shape index (κ1) is 12.2. The van der Waals surface area contributed by atoms with Crippen molar-refractivity contribution < 1.29 is 5.11 Å². The number of aliphatic hydroxyl groups is 1. The minimum absolute atomic E-state index is 0.238. The van der Waals surface area contributed by atoms with Crippen LogP contribution in [0.3, 0.4) is 0 Å². The molecule has 0 aliphatic carbocycles. The van der Waals surface area contributed by atoms with E-state index in [-0.39, 0.29) is 12.0 Å². The second-order valence-corrected chi connectivity index (χ2v) is 5.52. The lowest BCUT2D eigenvalue weighted by Crippen LogP contribution is -2.07. The van der Waals surface area contributed by atoms with Crippen LogP contribution in [0.15, 0.2) is 21.1 Å². The van der Waals surface area contributed by atoms with Gasteiger partial charge >= 0.3 is 0 Å². The number of benzene rings is 1. The van der Waals surface area contributed by atoms with Crippen molar-refractivity contribution in [1.29, 1.82) is 0 Å². The van der Waals surface area contributed by atoms with E-state index in [0.29, 0.717) is 0 Å². The van der Waals surface area contributed by atoms with E-state index in [0.717, 1.165) is 20.1 Å². The molecule has 0 saturated carbocycles. The van der Waals surface area contributed by atoms with Gasteiger partial charge in [0.1, 0.15) is 0 Å². The minimum atomic E-state index is -0.389. The summed E-state index contributed by atoms with van der Waals surface area (Å²) in [5, 5.41) is 9.96. The van der Waals surface area contributed by atoms with Crippen LogP contribution in [-0.2, 0) is 0 Å². The van der Waals surface area contributed by atoms with Crippen LogP contribution in [0.2, 0.25) is 0 Å². The van der Waals surface area contributed by atoms with Gasteiger partial charge in [0.25, 0.3) is 0 Å². The Labute approximate surface area is 102 Å². The average Bonchev–Trinajstić information content (AvgIpc) is 2.10. The summed E-state index contributed by atoms with van der Waals surface area (Å²) in [6.45, 7) is 6.04. The van der Waals surface area contributed by atoms with E-state index in [9.17, 15) is 5.11 Å². The van der Waals surface area contributed by atoms with Crippen LogP contribution in [-0.4, -0.2) is 5.11 Å². The maximum absolute atomic E-state index is 9.96. The van der Waals surface area contributed by atoms with Gasteiger partial charge in [0, 0.05) is 8.95 Å². The van der Waals surface area contributed by atoms with Crippen LogP contribution in [0.1, 0.15) is 31.1 Å². The molecule has 0 aromatic heterocycles. The zero-order valence-electron chi connectivity index (χ0n) is 8.51. The molecule has 0 saturated heterocycles. The molecule has 3 heteroatoms. The van der Waals surface area contributed by atoms with Gasteiger partial charge in [0.05, 0.1) is 6.10 Å². The molecule has 0 aliphatic heterocycles. The highest BCUT2D eigenvalue weighted by Crippen LogP contribution is 2.32. The quantitative estimate of drug-likeness (QED) is 0.865. The molecule has 1 unspecified atom stereocenters. The first-order valence-electron chi connectivity index (χ1n) is 4.57. The number of halogens is 2. The topological polar surface area (TPSA) is 20.2 Å². The zero-order valence-corrected chi connectivity index (χ0v) is 11.7. The second-order valence-electron chi connectivity index (χ2n) is 3.81. The average molecular weight is 322 g/mol. The fourth-order valence-corrected chi connectivity index (χ4v) is 2.16. The van der Waals surface area contributed by atoms with Gasteiger partial charge in [-0.05, 0) is 68.0 Å². The van der Waals surface area contributed by atoms with E-state index < -0.39 is 0 Å². The van der Waals surface area contributed by atoms with Crippen molar-refractivity contribution in [2.24, 2.45) is 5.92 Å². The van der Waals surface area contributed by atoms with E-state index >= 15 is 0 Å². The van der Waals surface area contributed by atoms with Crippen LogP contribution in [0.4, 0.5) is 0 Å². The molecule has 1 N–H and O–H groups in total. The van der Waals surface area contributed by atoms with Crippen molar-refractivity contribution in [2.45, 2.75) is 26.9 Å². The van der Waals surface area contributed by atoms with Gasteiger partial charge in [-0.1, -0.05) is 13.8 Å². The molecular formula is C11H14Br2O. The fourth-order valence-electron chi connectivity index (χ4n) is 1.34. The molecule has 1 nitrogen and oxygen atoms in total. The summed E-state index contributed by atoms with van der Waals surface area (Å²) in [5.41, 5.74) is 2.11. The second kappa shape index (κ2) is 4.77. The molecule has 0 radical (unpaired) electrons. The van der Waals surface area contributed by atoms with Crippen LogP contribution < -0.4 is 0 Å². The molecule has 78 valence electrons. The molecule has 0 spiro atoms. The summed E-state index contributed by atoms with van der Waals surface area (Å²) >= 11 is 6.88. The van der Waals surface area contributed by atoms with Gasteiger partial charge < -0.3 is 5.11 Å². The Morgan fingerprint density at radius 3 is 2.14 bits per heavy atom. The molecule has 0 heterocycles. The normalized spacial score (nSPS) is 13.4. The van der Waals surface area contributed by atoms with Crippen molar-refractivity contribution in [1.82, 2.24) is 0 Å². The number of hydrogen-bond acceptors (Lipinski definition) is 1. The summed E-state index contributed by atoms with van der Waals surface area (Å²) in [7, 11) is 0. The lowest BCUT2D eigenvalue weighted by Gasteiger charge is -2.18. The number of aryl methyl sites for hydroxylation is 1. The summed E-state index contributed by atoms with van der Waals surface area (Å²) in [4.78, 5) is 0. The summed E-state index contributed by atoms with van der Waals surface area (Å²) in [6.07, 6.45) is -0.389. The van der Waals surface area contributed by atoms with E-state index in [2.05, 4.69) is 31.9 Å². The van der Waals surface area contributed by atoms with Crippen molar-refractivity contribution in [3.63, 3.8) is 0 Å². The van der Waals surface area contributed by atoms with Gasteiger partial charge in [-0.3, -0.25) is 0 Å². The third-order valence-corrected chi connectivity index (χ3v) is 4.10. The Hall–Kier alpha value is 0.140. The van der Waals surface area contributed by atoms with E-state index in [1.807, 2.05) is 32.9 Å². The Balaban J connectivity index is 3.15. The van der Waals surface area contributed by atoms with E-state index in [1.54, 1.807) is 0 Å². The molecule has 1 rings (SSSR count). The summed E-state index contributed by atoms with van der Waals surface area (Å²) in [6, 6.07) is 4.00. The third kappa shape index (κ3) is 2.59. The van der Waals surface area contributed by atoms with Crippen LogP contribution >= 0.6 is 31.9 Å². The first-order valence-corrected chi connectivity index (χ1v) is 6.15. The Bertz CT molecular complexity index is 334. The Morgan fingerprint density at radius 2 is 1.64 bits per heavy atom. The zero-order chi connectivity index (χ0) is 10.9. The van der Waals surface area contributed by atoms with Crippen molar-refractivity contribution >= 4 is 31.9 Å². The molecule has 14 heavy (non-hydrogen) atoms. The monoisotopic (exact) mass is 320 g/mol. The van der Waals surface area contributed by atoms with Crippen LogP contribution in [0.5, 0.6) is 0 Å². The van der Waals surface area contributed by atoms with Gasteiger partial charge in [0.2, 0.25) is 0 Å². The minimum Gasteiger partial charge on any atom is -0.388 e. The summed E-state index contributed by atoms with van der Waals surface area (Å²) in [5.74, 6) is 0.238. The third-order valence-electron chi connectivity index (χ3n) is 2.26. The highest BCUT2D eigenvalue weighted by atomic mass is 79.9. The number of aliphatic hydroxyl groups excluding tert-OH is 1. The summed E-state index contributed by atoms with van der Waals surface area (Å²) < 4.78 is 2.01.